The highest BCUT2D eigenvalue weighted by Gasteiger charge is 2.29. The zero-order valence-electron chi connectivity index (χ0n) is 10.2. The first-order valence-electron chi connectivity index (χ1n) is 5.21. The second kappa shape index (κ2) is 5.64. The predicted molar refractivity (Wildman–Crippen MR) is 62.0 cm³/mol. The van der Waals surface area contributed by atoms with Crippen LogP contribution in [0, 0.1) is 0 Å². The minimum atomic E-state index is -4.41. The molecule has 0 radical (unpaired) electrons. The van der Waals surface area contributed by atoms with E-state index in [1.54, 1.807) is 0 Å². The van der Waals surface area contributed by atoms with Crippen LogP contribution in [-0.2, 0) is 11.0 Å². The summed E-state index contributed by atoms with van der Waals surface area (Å²) >= 11 is 0. The molecule has 0 aliphatic carbocycles. The van der Waals surface area contributed by atoms with E-state index in [1.807, 2.05) is 0 Å². The maximum atomic E-state index is 12.3. The van der Waals surface area contributed by atoms with Crippen molar-refractivity contribution in [1.29, 1.82) is 0 Å². The smallest absolute Gasteiger partial charge is 0.416 e. The number of halogens is 3. The van der Waals surface area contributed by atoms with E-state index in [0.29, 0.717) is 0 Å². The summed E-state index contributed by atoms with van der Waals surface area (Å²) in [5.41, 5.74) is -0.889. The van der Waals surface area contributed by atoms with Crippen molar-refractivity contribution in [2.24, 2.45) is 10.2 Å². The molecule has 7 heteroatoms. The number of aliphatic hydroxyl groups excluding tert-OH is 1. The van der Waals surface area contributed by atoms with Crippen molar-refractivity contribution in [3.05, 3.63) is 41.3 Å². The van der Waals surface area contributed by atoms with Gasteiger partial charge in [-0.1, -0.05) is 0 Å². The van der Waals surface area contributed by atoms with Gasteiger partial charge in [0.25, 0.3) is 0 Å². The van der Waals surface area contributed by atoms with E-state index in [1.165, 1.54) is 13.8 Å². The van der Waals surface area contributed by atoms with E-state index in [4.69, 9.17) is 5.11 Å². The summed E-state index contributed by atoms with van der Waals surface area (Å²) in [5, 5.41) is 16.3. The van der Waals surface area contributed by atoms with Gasteiger partial charge < -0.3 is 5.11 Å². The molecule has 0 unspecified atom stereocenters. The van der Waals surface area contributed by atoms with Crippen molar-refractivity contribution in [3.8, 4) is 0 Å². The number of allylic oxidation sites excluding steroid dienone is 2. The standard InChI is InChI=1S/C12H11F3N2O2/c1-7(18)11(8(2)19)17-16-10-5-3-9(4-6-10)12(13,14)15/h3-6,18H,1-2H3/b11-7+,17-16?. The number of carbonyl (C=O) groups is 1. The number of alkyl halides is 3. The lowest BCUT2D eigenvalue weighted by Gasteiger charge is -2.05. The Bertz CT molecular complexity index is 527. The average molecular weight is 272 g/mol. The lowest BCUT2D eigenvalue weighted by Crippen LogP contribution is -2.03. The van der Waals surface area contributed by atoms with Crippen molar-refractivity contribution in [1.82, 2.24) is 0 Å². The molecule has 4 nitrogen and oxygen atoms in total. The highest BCUT2D eigenvalue weighted by Crippen LogP contribution is 2.30. The summed E-state index contributed by atoms with van der Waals surface area (Å²) in [4.78, 5) is 11.1. The minimum absolute atomic E-state index is 0.146. The van der Waals surface area contributed by atoms with Crippen LogP contribution in [0.4, 0.5) is 18.9 Å². The Kier molecular flexibility index (Phi) is 4.42. The van der Waals surface area contributed by atoms with Crippen LogP contribution in [0.2, 0.25) is 0 Å². The second-order valence-corrected chi connectivity index (χ2v) is 3.73. The van der Waals surface area contributed by atoms with Crippen molar-refractivity contribution in [2.75, 3.05) is 0 Å². The topological polar surface area (TPSA) is 62.0 Å². The summed E-state index contributed by atoms with van der Waals surface area (Å²) in [5.74, 6) is -0.793. The van der Waals surface area contributed by atoms with Gasteiger partial charge in [0.2, 0.25) is 0 Å². The summed E-state index contributed by atoms with van der Waals surface area (Å²) in [6.07, 6.45) is -4.41. The molecule has 0 atom stereocenters. The molecule has 0 bridgehead atoms. The fraction of sp³-hybridized carbons (Fsp3) is 0.250. The summed E-state index contributed by atoms with van der Waals surface area (Å²) in [6, 6.07) is 3.96. The number of azo groups is 1. The Labute approximate surface area is 107 Å². The Morgan fingerprint density at radius 2 is 1.68 bits per heavy atom. The lowest BCUT2D eigenvalue weighted by atomic mass is 10.2. The van der Waals surface area contributed by atoms with Gasteiger partial charge in [-0.05, 0) is 31.2 Å². The second-order valence-electron chi connectivity index (χ2n) is 3.73. The van der Waals surface area contributed by atoms with E-state index < -0.39 is 17.5 Å². The van der Waals surface area contributed by atoms with E-state index in [9.17, 15) is 18.0 Å². The Morgan fingerprint density at radius 3 is 2.05 bits per heavy atom. The first-order chi connectivity index (χ1) is 8.71. The molecule has 0 spiro atoms. The van der Waals surface area contributed by atoms with Gasteiger partial charge in [0.15, 0.2) is 11.5 Å². The summed E-state index contributed by atoms with van der Waals surface area (Å²) < 4.78 is 36.9. The monoisotopic (exact) mass is 272 g/mol. The number of nitrogens with zero attached hydrogens (tertiary/aromatic N) is 2. The normalized spacial score (nSPS) is 13.5. The zero-order chi connectivity index (χ0) is 14.6. The number of hydrogen-bond acceptors (Lipinski definition) is 4. The van der Waals surface area contributed by atoms with Crippen LogP contribution >= 0.6 is 0 Å². The van der Waals surface area contributed by atoms with Gasteiger partial charge in [-0.15, -0.1) is 5.11 Å². The van der Waals surface area contributed by atoms with Gasteiger partial charge >= 0.3 is 6.18 Å². The number of hydrogen-bond donors (Lipinski definition) is 1. The molecule has 19 heavy (non-hydrogen) atoms. The third kappa shape index (κ3) is 4.20. The maximum absolute atomic E-state index is 12.3. The van der Waals surface area contributed by atoms with Crippen molar-refractivity contribution < 1.29 is 23.1 Å². The van der Waals surface area contributed by atoms with Gasteiger partial charge in [0.1, 0.15) is 5.76 Å². The maximum Gasteiger partial charge on any atom is 0.416 e. The Balaban J connectivity index is 2.96. The Morgan fingerprint density at radius 1 is 1.16 bits per heavy atom. The molecule has 0 fully saturated rings. The van der Waals surface area contributed by atoms with Crippen LogP contribution in [-0.4, -0.2) is 10.9 Å². The molecule has 0 heterocycles. The first-order valence-corrected chi connectivity index (χ1v) is 5.21. The molecular formula is C12H11F3N2O2. The molecule has 0 saturated heterocycles. The van der Waals surface area contributed by atoms with Crippen LogP contribution in [0.1, 0.15) is 19.4 Å². The van der Waals surface area contributed by atoms with Gasteiger partial charge in [-0.25, -0.2) is 0 Å². The van der Waals surface area contributed by atoms with Crippen LogP contribution in [0.25, 0.3) is 0 Å². The molecule has 0 aliphatic rings. The molecule has 0 amide bonds. The highest BCUT2D eigenvalue weighted by molar-refractivity contribution is 5.93. The van der Waals surface area contributed by atoms with E-state index in [2.05, 4.69) is 10.2 Å². The summed E-state index contributed by atoms with van der Waals surface area (Å²) in [7, 11) is 0. The lowest BCUT2D eigenvalue weighted by molar-refractivity contribution is -0.137. The molecule has 0 aromatic heterocycles. The fourth-order valence-electron chi connectivity index (χ4n) is 1.22. The van der Waals surface area contributed by atoms with Crippen molar-refractivity contribution in [2.45, 2.75) is 20.0 Å². The van der Waals surface area contributed by atoms with E-state index >= 15 is 0 Å². The molecule has 1 aromatic rings. The van der Waals surface area contributed by atoms with E-state index in [0.717, 1.165) is 24.3 Å². The molecule has 1 aromatic carbocycles. The van der Waals surface area contributed by atoms with Gasteiger partial charge in [-0.2, -0.15) is 18.3 Å². The minimum Gasteiger partial charge on any atom is -0.510 e. The third-order valence-electron chi connectivity index (χ3n) is 2.14. The molecular weight excluding hydrogens is 261 g/mol. The molecule has 102 valence electrons. The van der Waals surface area contributed by atoms with Crippen LogP contribution in [0.15, 0.2) is 46.0 Å². The van der Waals surface area contributed by atoms with Gasteiger partial charge in [-0.3, -0.25) is 4.79 Å². The molecule has 1 rings (SSSR count). The molecule has 0 aliphatic heterocycles. The number of rotatable bonds is 3. The van der Waals surface area contributed by atoms with E-state index in [-0.39, 0.29) is 17.1 Å². The van der Waals surface area contributed by atoms with Crippen LogP contribution < -0.4 is 0 Å². The highest BCUT2D eigenvalue weighted by atomic mass is 19.4. The fourth-order valence-corrected chi connectivity index (χ4v) is 1.22. The largest absolute Gasteiger partial charge is 0.510 e. The number of benzene rings is 1. The quantitative estimate of drug-likeness (QED) is 0.510. The SMILES string of the molecule is CC(=O)/C(N=Nc1ccc(C(F)(F)F)cc1)=C(/C)O. The van der Waals surface area contributed by atoms with Crippen LogP contribution in [0.5, 0.6) is 0 Å². The third-order valence-corrected chi connectivity index (χ3v) is 2.14. The first kappa shape index (κ1) is 14.9. The van der Waals surface area contributed by atoms with Gasteiger partial charge in [0.05, 0.1) is 11.3 Å². The predicted octanol–water partition coefficient (Wildman–Crippen LogP) is 4.17. The Hall–Kier alpha value is -2.18. The summed E-state index contributed by atoms with van der Waals surface area (Å²) in [6.45, 7) is 2.46. The number of ketones is 1. The molecule has 0 saturated carbocycles. The average Bonchev–Trinajstić information content (AvgIpc) is 2.27. The van der Waals surface area contributed by atoms with Crippen LogP contribution in [0.3, 0.4) is 0 Å². The number of aliphatic hydroxyl groups is 1. The van der Waals surface area contributed by atoms with Crippen molar-refractivity contribution >= 4 is 11.5 Å². The number of carbonyl (C=O) groups excluding carboxylic acids is 1. The van der Waals surface area contributed by atoms with Crippen molar-refractivity contribution in [3.63, 3.8) is 0 Å². The zero-order valence-corrected chi connectivity index (χ0v) is 10.2. The molecule has 1 N–H and O–H groups in total. The number of Topliss-reactive ketones (excluding diaryl/α,β-unsaturated/α-hetero) is 1. The van der Waals surface area contributed by atoms with Gasteiger partial charge in [0, 0.05) is 6.92 Å².